The molecule has 136 valence electrons. The third-order valence-electron chi connectivity index (χ3n) is 3.33. The van der Waals surface area contributed by atoms with E-state index in [4.69, 9.17) is 23.2 Å². The number of halogens is 3. The van der Waals surface area contributed by atoms with E-state index < -0.39 is 0 Å². The third kappa shape index (κ3) is 8.04. The lowest BCUT2D eigenvalue weighted by Gasteiger charge is -2.10. The van der Waals surface area contributed by atoms with Crippen molar-refractivity contribution < 1.29 is 0 Å². The van der Waals surface area contributed by atoms with Gasteiger partial charge >= 0.3 is 0 Å². The minimum absolute atomic E-state index is 0.568. The van der Waals surface area contributed by atoms with Gasteiger partial charge in [-0.2, -0.15) is 0 Å². The van der Waals surface area contributed by atoms with Crippen LogP contribution in [-0.4, -0.2) is 24.8 Å². The first-order valence-corrected chi connectivity index (χ1v) is 10.3. The number of hydrogen-bond acceptors (Lipinski definition) is 2. The Balaban J connectivity index is 2.78. The SMILES string of the molecule is C=C(SCc1ccc(Cl)c(Cl)c1)/C(Br)=C\C(N=CN(C)CC)=C(C)C. The highest BCUT2D eigenvalue weighted by molar-refractivity contribution is 9.12. The maximum absolute atomic E-state index is 6.06. The first-order valence-electron chi connectivity index (χ1n) is 7.79. The highest BCUT2D eigenvalue weighted by Crippen LogP contribution is 2.32. The van der Waals surface area contributed by atoms with Gasteiger partial charge in [-0.15, -0.1) is 11.8 Å². The maximum Gasteiger partial charge on any atom is 0.0909 e. The van der Waals surface area contributed by atoms with Gasteiger partial charge in [-0.3, -0.25) is 0 Å². The fraction of sp³-hybridized carbons (Fsp3) is 0.316. The van der Waals surface area contributed by atoms with Gasteiger partial charge in [0.15, 0.2) is 0 Å². The maximum atomic E-state index is 6.06. The van der Waals surface area contributed by atoms with Gasteiger partial charge in [0.05, 0.1) is 22.1 Å². The zero-order chi connectivity index (χ0) is 19.0. The summed E-state index contributed by atoms with van der Waals surface area (Å²) in [5, 5.41) is 1.14. The fourth-order valence-electron chi connectivity index (χ4n) is 1.62. The Kier molecular flexibility index (Phi) is 9.95. The number of benzene rings is 1. The summed E-state index contributed by atoms with van der Waals surface area (Å²) in [5.74, 6) is 0.769. The standard InChI is InChI=1S/C19H23BrCl2N2S/c1-6-24(5)12-23-19(13(2)3)10-16(20)14(4)25-11-15-7-8-17(21)18(22)9-15/h7-10,12H,4,6,11H2,1-3,5H3/b16-10+,23-12?. The van der Waals surface area contributed by atoms with Crippen molar-refractivity contribution in [1.82, 2.24) is 4.90 Å². The van der Waals surface area contributed by atoms with Crippen LogP contribution < -0.4 is 0 Å². The van der Waals surface area contributed by atoms with Crippen LogP contribution in [0.5, 0.6) is 0 Å². The molecule has 0 unspecified atom stereocenters. The van der Waals surface area contributed by atoms with Crippen LogP contribution >= 0.6 is 50.9 Å². The molecule has 0 aliphatic heterocycles. The molecule has 0 aliphatic rings. The summed E-state index contributed by atoms with van der Waals surface area (Å²) >= 11 is 17.3. The molecule has 0 saturated heterocycles. The summed E-state index contributed by atoms with van der Waals surface area (Å²) in [5.41, 5.74) is 3.16. The highest BCUT2D eigenvalue weighted by Gasteiger charge is 2.05. The summed E-state index contributed by atoms with van der Waals surface area (Å²) in [7, 11) is 2.00. The molecule has 0 saturated carbocycles. The van der Waals surface area contributed by atoms with Crippen molar-refractivity contribution in [1.29, 1.82) is 0 Å². The molecule has 0 N–H and O–H groups in total. The Hall–Kier alpha value is -0.680. The van der Waals surface area contributed by atoms with Crippen molar-refractivity contribution in [2.24, 2.45) is 4.99 Å². The van der Waals surface area contributed by atoms with Crippen molar-refractivity contribution in [2.75, 3.05) is 13.6 Å². The predicted octanol–water partition coefficient (Wildman–Crippen LogP) is 7.29. The van der Waals surface area contributed by atoms with Crippen molar-refractivity contribution in [3.63, 3.8) is 0 Å². The van der Waals surface area contributed by atoms with Gasteiger partial charge in [-0.25, -0.2) is 4.99 Å². The second kappa shape index (κ2) is 11.1. The lowest BCUT2D eigenvalue weighted by atomic mass is 10.2. The number of allylic oxidation sites excluding steroid dienone is 3. The molecule has 6 heteroatoms. The van der Waals surface area contributed by atoms with E-state index in [9.17, 15) is 0 Å². The van der Waals surface area contributed by atoms with Crippen LogP contribution in [0.3, 0.4) is 0 Å². The third-order valence-corrected chi connectivity index (χ3v) is 6.09. The summed E-state index contributed by atoms with van der Waals surface area (Å²) in [4.78, 5) is 7.51. The molecule has 0 fully saturated rings. The summed E-state index contributed by atoms with van der Waals surface area (Å²) in [6, 6.07) is 5.67. The van der Waals surface area contributed by atoms with E-state index in [2.05, 4.69) is 34.4 Å². The zero-order valence-electron chi connectivity index (χ0n) is 14.9. The van der Waals surface area contributed by atoms with Crippen molar-refractivity contribution in [3.05, 3.63) is 67.1 Å². The van der Waals surface area contributed by atoms with Gasteiger partial charge in [0, 0.05) is 28.7 Å². The van der Waals surface area contributed by atoms with Gasteiger partial charge in [-0.1, -0.05) is 41.4 Å². The fourth-order valence-corrected chi connectivity index (χ4v) is 3.22. The van der Waals surface area contributed by atoms with E-state index in [-0.39, 0.29) is 0 Å². The molecule has 0 aliphatic carbocycles. The lowest BCUT2D eigenvalue weighted by molar-refractivity contribution is 0.551. The molecule has 25 heavy (non-hydrogen) atoms. The van der Waals surface area contributed by atoms with E-state index in [1.807, 2.05) is 56.4 Å². The normalized spacial score (nSPS) is 11.7. The summed E-state index contributed by atoms with van der Waals surface area (Å²) in [6.45, 7) is 11.2. The molecule has 2 nitrogen and oxygen atoms in total. The number of aliphatic imine (C=N–C) groups is 1. The highest BCUT2D eigenvalue weighted by atomic mass is 79.9. The second-order valence-corrected chi connectivity index (χ2v) is 8.39. The van der Waals surface area contributed by atoms with Crippen molar-refractivity contribution in [3.8, 4) is 0 Å². The van der Waals surface area contributed by atoms with Crippen LogP contribution in [0.25, 0.3) is 0 Å². The molecule has 0 heterocycles. The number of thioether (sulfide) groups is 1. The zero-order valence-corrected chi connectivity index (χ0v) is 18.9. The Bertz CT molecular complexity index is 707. The van der Waals surface area contributed by atoms with Crippen LogP contribution in [0.15, 0.2) is 56.5 Å². The minimum Gasteiger partial charge on any atom is -0.366 e. The largest absolute Gasteiger partial charge is 0.366 e. The molecule has 0 radical (unpaired) electrons. The van der Waals surface area contributed by atoms with E-state index in [1.165, 1.54) is 0 Å². The lowest BCUT2D eigenvalue weighted by Crippen LogP contribution is -2.14. The molecular weight excluding hydrogens is 439 g/mol. The molecule has 0 spiro atoms. The van der Waals surface area contributed by atoms with E-state index >= 15 is 0 Å². The quantitative estimate of drug-likeness (QED) is 0.229. The molecule has 0 aromatic heterocycles. The van der Waals surface area contributed by atoms with Crippen LogP contribution in [0.4, 0.5) is 0 Å². The van der Waals surface area contributed by atoms with E-state index in [1.54, 1.807) is 11.8 Å². The Labute approximate surface area is 173 Å². The molecule has 0 bridgehead atoms. The molecular formula is C19H23BrCl2N2S. The molecule has 1 aromatic rings. The Morgan fingerprint density at radius 3 is 2.56 bits per heavy atom. The smallest absolute Gasteiger partial charge is 0.0909 e. The van der Waals surface area contributed by atoms with Crippen molar-refractivity contribution in [2.45, 2.75) is 26.5 Å². The first kappa shape index (κ1) is 22.4. The van der Waals surface area contributed by atoms with Gasteiger partial charge in [-0.05, 0) is 60.5 Å². The molecule has 1 rings (SSSR count). The van der Waals surface area contributed by atoms with Gasteiger partial charge in [0.25, 0.3) is 0 Å². The average molecular weight is 462 g/mol. The number of nitrogens with zero attached hydrogens (tertiary/aromatic N) is 2. The summed E-state index contributed by atoms with van der Waals surface area (Å²) < 4.78 is 0.921. The monoisotopic (exact) mass is 460 g/mol. The van der Waals surface area contributed by atoms with Crippen LogP contribution in [-0.2, 0) is 5.75 Å². The van der Waals surface area contributed by atoms with Crippen LogP contribution in [0, 0.1) is 0 Å². The Morgan fingerprint density at radius 1 is 1.32 bits per heavy atom. The second-order valence-electron chi connectivity index (χ2n) is 5.66. The number of hydrogen-bond donors (Lipinski definition) is 0. The Morgan fingerprint density at radius 2 is 2.00 bits per heavy atom. The minimum atomic E-state index is 0.568. The average Bonchev–Trinajstić information content (AvgIpc) is 2.58. The predicted molar refractivity (Wildman–Crippen MR) is 119 cm³/mol. The molecule has 0 amide bonds. The molecule has 1 aromatic carbocycles. The summed E-state index contributed by atoms with van der Waals surface area (Å²) in [6.07, 6.45) is 3.84. The van der Waals surface area contributed by atoms with Gasteiger partial charge < -0.3 is 4.90 Å². The van der Waals surface area contributed by atoms with Crippen LogP contribution in [0.2, 0.25) is 10.0 Å². The van der Waals surface area contributed by atoms with Crippen LogP contribution in [0.1, 0.15) is 26.3 Å². The van der Waals surface area contributed by atoms with E-state index in [0.717, 1.165) is 38.5 Å². The van der Waals surface area contributed by atoms with Gasteiger partial charge in [0.2, 0.25) is 0 Å². The first-order chi connectivity index (χ1) is 11.7. The van der Waals surface area contributed by atoms with Crippen molar-refractivity contribution >= 4 is 57.2 Å². The van der Waals surface area contributed by atoms with Gasteiger partial charge in [0.1, 0.15) is 0 Å². The topological polar surface area (TPSA) is 15.6 Å². The number of rotatable bonds is 8. The molecule has 0 atom stereocenters. The van der Waals surface area contributed by atoms with E-state index in [0.29, 0.717) is 10.0 Å².